The molecule has 5 nitrogen and oxygen atoms in total. The van der Waals surface area contributed by atoms with Crippen molar-refractivity contribution in [1.29, 1.82) is 0 Å². The zero-order valence-corrected chi connectivity index (χ0v) is 11.5. The fourth-order valence-electron chi connectivity index (χ4n) is 2.78. The van der Waals surface area contributed by atoms with E-state index in [2.05, 4.69) is 20.9 Å². The molecule has 1 atom stereocenters. The van der Waals surface area contributed by atoms with Gasteiger partial charge in [0.25, 0.3) is 0 Å². The molecular weight excluding hydrogens is 242 g/mol. The minimum Gasteiger partial charge on any atom is -0.381 e. The predicted molar refractivity (Wildman–Crippen MR) is 72.4 cm³/mol. The molecule has 0 radical (unpaired) electrons. The maximum atomic E-state index is 5.47. The second kappa shape index (κ2) is 5.84. The van der Waals surface area contributed by atoms with Gasteiger partial charge in [-0.25, -0.2) is 9.97 Å². The molecule has 2 aliphatic rings. The van der Waals surface area contributed by atoms with Gasteiger partial charge < -0.3 is 14.4 Å². The van der Waals surface area contributed by atoms with Crippen LogP contribution < -0.4 is 4.90 Å². The average molecular weight is 263 g/mol. The van der Waals surface area contributed by atoms with E-state index in [0.717, 1.165) is 50.1 Å². The van der Waals surface area contributed by atoms with E-state index in [1.54, 1.807) is 7.11 Å². The van der Waals surface area contributed by atoms with Gasteiger partial charge in [-0.1, -0.05) is 0 Å². The van der Waals surface area contributed by atoms with Crippen LogP contribution >= 0.6 is 0 Å². The molecule has 2 aliphatic heterocycles. The molecule has 1 aromatic rings. The molecule has 104 valence electrons. The van der Waals surface area contributed by atoms with Crippen molar-refractivity contribution in [3.63, 3.8) is 0 Å². The van der Waals surface area contributed by atoms with Crippen LogP contribution in [-0.2, 0) is 16.1 Å². The lowest BCUT2D eigenvalue weighted by molar-refractivity contribution is 0.177. The van der Waals surface area contributed by atoms with Crippen LogP contribution in [0.2, 0.25) is 0 Å². The number of methoxy groups -OCH3 is 1. The summed E-state index contributed by atoms with van der Waals surface area (Å²) in [6.07, 6.45) is 3.57. The largest absolute Gasteiger partial charge is 0.381 e. The first-order chi connectivity index (χ1) is 9.36. The van der Waals surface area contributed by atoms with Gasteiger partial charge in [-0.05, 0) is 19.3 Å². The minimum absolute atomic E-state index is 0.417. The van der Waals surface area contributed by atoms with Crippen LogP contribution in [0, 0.1) is 0 Å². The molecule has 0 saturated carbocycles. The summed E-state index contributed by atoms with van der Waals surface area (Å²) in [5.41, 5.74) is 1.11. The summed E-state index contributed by atoms with van der Waals surface area (Å²) in [5, 5.41) is 0. The van der Waals surface area contributed by atoms with Crippen molar-refractivity contribution in [3.8, 4) is 0 Å². The predicted octanol–water partition coefficient (Wildman–Crippen LogP) is 1.73. The summed E-state index contributed by atoms with van der Waals surface area (Å²) in [7, 11) is 1.68. The molecule has 0 aliphatic carbocycles. The zero-order valence-electron chi connectivity index (χ0n) is 11.5. The van der Waals surface area contributed by atoms with Gasteiger partial charge in [0.1, 0.15) is 12.4 Å². The Hall–Kier alpha value is -1.20. The van der Waals surface area contributed by atoms with Gasteiger partial charge in [0.05, 0.1) is 12.3 Å². The number of hydrogen-bond donors (Lipinski definition) is 0. The lowest BCUT2D eigenvalue weighted by Gasteiger charge is -2.19. The second-order valence-corrected chi connectivity index (χ2v) is 5.25. The molecule has 5 heteroatoms. The molecule has 0 unspecified atom stereocenters. The molecule has 0 amide bonds. The third-order valence-electron chi connectivity index (χ3n) is 3.83. The van der Waals surface area contributed by atoms with Gasteiger partial charge >= 0.3 is 0 Å². The molecule has 19 heavy (non-hydrogen) atoms. The number of aromatic nitrogens is 2. The summed E-state index contributed by atoms with van der Waals surface area (Å²) in [4.78, 5) is 11.6. The Morgan fingerprint density at radius 2 is 2.21 bits per heavy atom. The highest BCUT2D eigenvalue weighted by Crippen LogP contribution is 2.27. The van der Waals surface area contributed by atoms with E-state index in [-0.39, 0.29) is 0 Å². The Morgan fingerprint density at radius 1 is 1.37 bits per heavy atom. The van der Waals surface area contributed by atoms with E-state index in [0.29, 0.717) is 12.5 Å². The number of ether oxygens (including phenoxy) is 2. The van der Waals surface area contributed by atoms with Crippen LogP contribution in [-0.4, -0.2) is 43.4 Å². The third-order valence-corrected chi connectivity index (χ3v) is 3.83. The van der Waals surface area contributed by atoms with E-state index in [1.807, 2.05) is 0 Å². The van der Waals surface area contributed by atoms with E-state index in [1.165, 1.54) is 12.8 Å². The molecule has 0 spiro atoms. The number of hydrogen-bond acceptors (Lipinski definition) is 5. The van der Waals surface area contributed by atoms with Crippen molar-refractivity contribution in [3.05, 3.63) is 17.6 Å². The highest BCUT2D eigenvalue weighted by molar-refractivity contribution is 5.41. The quantitative estimate of drug-likeness (QED) is 0.828. The van der Waals surface area contributed by atoms with Crippen molar-refractivity contribution in [2.45, 2.75) is 31.8 Å². The number of rotatable bonds is 4. The SMILES string of the molecule is COCc1nc([C@@H]2CCOC2)cc(N2CCCC2)n1. The van der Waals surface area contributed by atoms with Crippen LogP contribution in [0.4, 0.5) is 5.82 Å². The van der Waals surface area contributed by atoms with Crippen molar-refractivity contribution < 1.29 is 9.47 Å². The summed E-state index contributed by atoms with van der Waals surface area (Å²) >= 11 is 0. The van der Waals surface area contributed by atoms with Crippen LogP contribution in [0.3, 0.4) is 0 Å². The standard InChI is InChI=1S/C14H21N3O2/c1-18-10-13-15-12(11-4-7-19-9-11)8-14(16-13)17-5-2-3-6-17/h8,11H,2-7,9-10H2,1H3/t11-/m1/s1. The average Bonchev–Trinajstić information content (AvgIpc) is 3.12. The first kappa shape index (κ1) is 12.8. The third kappa shape index (κ3) is 2.87. The topological polar surface area (TPSA) is 47.5 Å². The first-order valence-corrected chi connectivity index (χ1v) is 7.06. The molecule has 2 fully saturated rings. The van der Waals surface area contributed by atoms with E-state index in [9.17, 15) is 0 Å². The first-order valence-electron chi connectivity index (χ1n) is 7.06. The van der Waals surface area contributed by atoms with E-state index < -0.39 is 0 Å². The highest BCUT2D eigenvalue weighted by Gasteiger charge is 2.22. The zero-order chi connectivity index (χ0) is 13.1. The maximum Gasteiger partial charge on any atom is 0.156 e. The molecule has 0 aromatic carbocycles. The smallest absolute Gasteiger partial charge is 0.156 e. The molecule has 3 heterocycles. The Balaban J connectivity index is 1.88. The lowest BCUT2D eigenvalue weighted by Crippen LogP contribution is -2.21. The summed E-state index contributed by atoms with van der Waals surface area (Å²) in [6.45, 7) is 4.30. The molecule has 0 N–H and O–H groups in total. The second-order valence-electron chi connectivity index (χ2n) is 5.25. The van der Waals surface area contributed by atoms with Gasteiger partial charge in [-0.15, -0.1) is 0 Å². The van der Waals surface area contributed by atoms with Gasteiger partial charge in [0, 0.05) is 38.8 Å². The van der Waals surface area contributed by atoms with Crippen LogP contribution in [0.25, 0.3) is 0 Å². The van der Waals surface area contributed by atoms with E-state index in [4.69, 9.17) is 9.47 Å². The summed E-state index contributed by atoms with van der Waals surface area (Å²) in [6, 6.07) is 2.14. The minimum atomic E-state index is 0.417. The van der Waals surface area contributed by atoms with Crippen molar-refractivity contribution in [2.75, 3.05) is 38.3 Å². The Morgan fingerprint density at radius 3 is 2.89 bits per heavy atom. The van der Waals surface area contributed by atoms with Gasteiger partial charge in [-0.3, -0.25) is 0 Å². The van der Waals surface area contributed by atoms with Crippen molar-refractivity contribution in [2.24, 2.45) is 0 Å². The maximum absolute atomic E-state index is 5.47. The fraction of sp³-hybridized carbons (Fsp3) is 0.714. The van der Waals surface area contributed by atoms with Crippen LogP contribution in [0.1, 0.15) is 36.7 Å². The van der Waals surface area contributed by atoms with Crippen LogP contribution in [0.15, 0.2) is 6.07 Å². The Bertz CT molecular complexity index is 392. The van der Waals surface area contributed by atoms with Crippen molar-refractivity contribution >= 4 is 5.82 Å². The number of anilines is 1. The van der Waals surface area contributed by atoms with Gasteiger partial charge in [0.2, 0.25) is 0 Å². The Kier molecular flexibility index (Phi) is 3.94. The normalized spacial score (nSPS) is 23.2. The van der Waals surface area contributed by atoms with E-state index >= 15 is 0 Å². The molecule has 0 bridgehead atoms. The van der Waals surface area contributed by atoms with Gasteiger partial charge in [-0.2, -0.15) is 0 Å². The van der Waals surface area contributed by atoms with Crippen LogP contribution in [0.5, 0.6) is 0 Å². The Labute approximate surface area is 113 Å². The molecule has 3 rings (SSSR count). The number of nitrogens with zero attached hydrogens (tertiary/aromatic N) is 3. The monoisotopic (exact) mass is 263 g/mol. The van der Waals surface area contributed by atoms with Gasteiger partial charge in [0.15, 0.2) is 5.82 Å². The molecule has 2 saturated heterocycles. The van der Waals surface area contributed by atoms with Crippen molar-refractivity contribution in [1.82, 2.24) is 9.97 Å². The summed E-state index contributed by atoms with van der Waals surface area (Å²) in [5.74, 6) is 2.26. The highest BCUT2D eigenvalue weighted by atomic mass is 16.5. The lowest BCUT2D eigenvalue weighted by atomic mass is 10.0. The molecular formula is C14H21N3O2. The summed E-state index contributed by atoms with van der Waals surface area (Å²) < 4.78 is 10.7. The molecule has 1 aromatic heterocycles. The fourth-order valence-corrected chi connectivity index (χ4v) is 2.78.